The van der Waals surface area contributed by atoms with Crippen molar-refractivity contribution in [3.05, 3.63) is 23.8 Å². The first-order chi connectivity index (χ1) is 14.3. The number of hydrogen-bond acceptors (Lipinski definition) is 9. The summed E-state index contributed by atoms with van der Waals surface area (Å²) in [5.41, 5.74) is -0.182. The molecule has 0 aliphatic carbocycles. The van der Waals surface area contributed by atoms with Crippen molar-refractivity contribution in [2.75, 3.05) is 6.54 Å². The van der Waals surface area contributed by atoms with E-state index < -0.39 is 41.8 Å². The fourth-order valence-electron chi connectivity index (χ4n) is 2.42. The Bertz CT molecular complexity index is 814. The van der Waals surface area contributed by atoms with Gasteiger partial charge in [0, 0.05) is 20.4 Å². The average Bonchev–Trinajstić information content (AvgIpc) is 2.57. The first-order valence-corrected chi connectivity index (χ1v) is 9.62. The molecular formula is C21H29NO9. The monoisotopic (exact) mass is 439 g/mol. The summed E-state index contributed by atoms with van der Waals surface area (Å²) in [7, 11) is 0. The highest BCUT2D eigenvalue weighted by Crippen LogP contribution is 2.29. The number of ether oxygens (including phenoxy) is 4. The van der Waals surface area contributed by atoms with Crippen LogP contribution in [0.2, 0.25) is 0 Å². The van der Waals surface area contributed by atoms with Crippen molar-refractivity contribution in [1.82, 2.24) is 5.32 Å². The van der Waals surface area contributed by atoms with E-state index in [1.807, 2.05) is 0 Å². The number of hydrogen-bond donors (Lipinski definition) is 2. The Morgan fingerprint density at radius 2 is 1.61 bits per heavy atom. The van der Waals surface area contributed by atoms with Gasteiger partial charge in [-0.05, 0) is 51.8 Å². The van der Waals surface area contributed by atoms with E-state index in [2.05, 4.69) is 5.32 Å². The maximum atomic E-state index is 11.7. The number of carboxylic acid groups (broad SMARTS) is 1. The predicted octanol–water partition coefficient (Wildman–Crippen LogP) is 2.46. The number of aliphatic carboxylic acids is 1. The van der Waals surface area contributed by atoms with E-state index in [0.717, 1.165) is 0 Å². The van der Waals surface area contributed by atoms with E-state index in [0.29, 0.717) is 5.56 Å². The third-order valence-electron chi connectivity index (χ3n) is 3.59. The molecule has 172 valence electrons. The Balaban J connectivity index is 2.82. The second kappa shape index (κ2) is 11.3. The summed E-state index contributed by atoms with van der Waals surface area (Å²) in [4.78, 5) is 45.9. The van der Waals surface area contributed by atoms with Crippen LogP contribution >= 0.6 is 0 Å². The van der Waals surface area contributed by atoms with Crippen molar-refractivity contribution in [2.45, 2.75) is 65.7 Å². The molecule has 2 N–H and O–H groups in total. The Morgan fingerprint density at radius 3 is 2.13 bits per heavy atom. The van der Waals surface area contributed by atoms with Crippen LogP contribution in [0.25, 0.3) is 0 Å². The molecule has 0 aromatic heterocycles. The molecule has 1 unspecified atom stereocenters. The molecule has 31 heavy (non-hydrogen) atoms. The van der Waals surface area contributed by atoms with Crippen molar-refractivity contribution in [3.63, 3.8) is 0 Å². The number of rotatable bonds is 9. The van der Waals surface area contributed by atoms with E-state index in [1.165, 1.54) is 26.0 Å². The summed E-state index contributed by atoms with van der Waals surface area (Å²) in [6, 6.07) is 3.39. The van der Waals surface area contributed by atoms with Crippen LogP contribution in [-0.2, 0) is 30.3 Å². The average molecular weight is 439 g/mol. The minimum atomic E-state index is -1.12. The highest BCUT2D eigenvalue weighted by Gasteiger charge is 2.23. The van der Waals surface area contributed by atoms with Gasteiger partial charge in [-0.25, -0.2) is 4.79 Å². The lowest BCUT2D eigenvalue weighted by Crippen LogP contribution is -2.43. The smallest absolute Gasteiger partial charge is 0.480 e. The topological polar surface area (TPSA) is 137 Å². The standard InChI is InChI=1S/C21H29NO9/c1-12(28-20(27)31-21(4,5)6)11-22-16(19(25)26)9-15-7-8-17(29-13(2)23)18(10-15)30-14(3)24/h7-8,10,12,16,22H,9,11H2,1-6H3,(H,25,26)/t12?,16-/m0/s1. The van der Waals surface area contributed by atoms with Gasteiger partial charge < -0.3 is 29.4 Å². The molecule has 2 atom stereocenters. The van der Waals surface area contributed by atoms with Gasteiger partial charge in [0.2, 0.25) is 0 Å². The van der Waals surface area contributed by atoms with Crippen LogP contribution < -0.4 is 14.8 Å². The Labute approximate surface area is 180 Å². The van der Waals surface area contributed by atoms with Gasteiger partial charge in [-0.3, -0.25) is 14.4 Å². The predicted molar refractivity (Wildman–Crippen MR) is 109 cm³/mol. The van der Waals surface area contributed by atoms with Gasteiger partial charge in [0.25, 0.3) is 0 Å². The molecule has 0 fully saturated rings. The quantitative estimate of drug-likeness (QED) is 0.436. The third kappa shape index (κ3) is 10.4. The zero-order valence-corrected chi connectivity index (χ0v) is 18.5. The summed E-state index contributed by atoms with van der Waals surface area (Å²) in [6.07, 6.45) is -1.45. The molecular weight excluding hydrogens is 410 g/mol. The number of carbonyl (C=O) groups excluding carboxylic acids is 3. The van der Waals surface area contributed by atoms with E-state index in [4.69, 9.17) is 18.9 Å². The molecule has 10 nitrogen and oxygen atoms in total. The van der Waals surface area contributed by atoms with Crippen LogP contribution in [0.4, 0.5) is 4.79 Å². The molecule has 0 radical (unpaired) electrons. The van der Waals surface area contributed by atoms with Gasteiger partial charge in [0.05, 0.1) is 0 Å². The normalized spacial score (nSPS) is 13.0. The molecule has 0 amide bonds. The number of esters is 2. The van der Waals surface area contributed by atoms with Crippen LogP contribution in [0, 0.1) is 0 Å². The van der Waals surface area contributed by atoms with Gasteiger partial charge in [0.1, 0.15) is 17.7 Å². The highest BCUT2D eigenvalue weighted by molar-refractivity contribution is 5.75. The third-order valence-corrected chi connectivity index (χ3v) is 3.59. The zero-order chi connectivity index (χ0) is 23.8. The summed E-state index contributed by atoms with van der Waals surface area (Å²) in [5, 5.41) is 12.3. The van der Waals surface area contributed by atoms with Gasteiger partial charge >= 0.3 is 24.1 Å². The summed E-state index contributed by atoms with van der Waals surface area (Å²) in [6.45, 7) is 9.17. The van der Waals surface area contributed by atoms with E-state index in [9.17, 15) is 24.3 Å². The molecule has 0 saturated carbocycles. The van der Waals surface area contributed by atoms with Crippen LogP contribution in [0.3, 0.4) is 0 Å². The van der Waals surface area contributed by atoms with Crippen molar-refractivity contribution < 1.29 is 43.2 Å². The lowest BCUT2D eigenvalue weighted by Gasteiger charge is -2.22. The van der Waals surface area contributed by atoms with Gasteiger partial charge in [-0.1, -0.05) is 6.07 Å². The first kappa shape index (κ1) is 25.9. The van der Waals surface area contributed by atoms with Crippen LogP contribution in [0.5, 0.6) is 11.5 Å². The van der Waals surface area contributed by atoms with Crippen molar-refractivity contribution in [3.8, 4) is 11.5 Å². The van der Waals surface area contributed by atoms with Gasteiger partial charge in [-0.15, -0.1) is 0 Å². The van der Waals surface area contributed by atoms with Gasteiger partial charge in [-0.2, -0.15) is 0 Å². The van der Waals surface area contributed by atoms with Gasteiger partial charge in [0.15, 0.2) is 11.5 Å². The molecule has 1 aromatic rings. The second-order valence-electron chi connectivity index (χ2n) is 7.86. The highest BCUT2D eigenvalue weighted by atomic mass is 16.7. The molecule has 0 saturated heterocycles. The molecule has 0 bridgehead atoms. The Morgan fingerprint density at radius 1 is 1.03 bits per heavy atom. The van der Waals surface area contributed by atoms with Crippen LogP contribution in [0.15, 0.2) is 18.2 Å². The first-order valence-electron chi connectivity index (χ1n) is 9.62. The lowest BCUT2D eigenvalue weighted by molar-refractivity contribution is -0.139. The molecule has 10 heteroatoms. The van der Waals surface area contributed by atoms with E-state index in [-0.39, 0.29) is 24.5 Å². The van der Waals surface area contributed by atoms with Crippen LogP contribution in [0.1, 0.15) is 47.1 Å². The molecule has 1 rings (SSSR count). The Hall–Kier alpha value is -3.14. The molecule has 0 aliphatic rings. The zero-order valence-electron chi connectivity index (χ0n) is 18.5. The second-order valence-corrected chi connectivity index (χ2v) is 7.86. The van der Waals surface area contributed by atoms with E-state index >= 15 is 0 Å². The summed E-state index contributed by atoms with van der Waals surface area (Å²) >= 11 is 0. The maximum absolute atomic E-state index is 11.7. The van der Waals surface area contributed by atoms with Crippen molar-refractivity contribution in [2.24, 2.45) is 0 Å². The summed E-state index contributed by atoms with van der Waals surface area (Å²) in [5.74, 6) is -2.28. The SMILES string of the molecule is CC(=O)Oc1ccc(C[C@H](NCC(C)OC(=O)OC(C)(C)C)C(=O)O)cc1OC(C)=O. The fourth-order valence-corrected chi connectivity index (χ4v) is 2.42. The Kier molecular flexibility index (Phi) is 9.44. The van der Waals surface area contributed by atoms with Crippen molar-refractivity contribution in [1.29, 1.82) is 0 Å². The maximum Gasteiger partial charge on any atom is 0.509 e. The van der Waals surface area contributed by atoms with Crippen molar-refractivity contribution >= 4 is 24.1 Å². The number of benzene rings is 1. The lowest BCUT2D eigenvalue weighted by atomic mass is 10.0. The van der Waals surface area contributed by atoms with Crippen LogP contribution in [-0.4, -0.2) is 53.5 Å². The molecule has 0 heterocycles. The summed E-state index contributed by atoms with van der Waals surface area (Å²) < 4.78 is 20.2. The number of carbonyl (C=O) groups is 4. The number of carboxylic acids is 1. The largest absolute Gasteiger partial charge is 0.509 e. The minimum Gasteiger partial charge on any atom is -0.480 e. The fraction of sp³-hybridized carbons (Fsp3) is 0.524. The molecule has 0 spiro atoms. The van der Waals surface area contributed by atoms with E-state index in [1.54, 1.807) is 33.8 Å². The minimum absolute atomic E-state index is 0.00552. The molecule has 0 aliphatic heterocycles. The molecule has 1 aromatic carbocycles. The number of nitrogens with one attached hydrogen (secondary N) is 1.